The minimum atomic E-state index is -4.44. The monoisotopic (exact) mass is 338 g/mol. The number of aromatic nitrogens is 1. The number of nitrogens with one attached hydrogen (secondary N) is 1. The van der Waals surface area contributed by atoms with Crippen molar-refractivity contribution in [3.05, 3.63) is 53.7 Å². The smallest absolute Gasteiger partial charge is 0.422 e. The predicted octanol–water partition coefficient (Wildman–Crippen LogP) is 2.89. The molecule has 0 saturated carbocycles. The van der Waals surface area contributed by atoms with Crippen LogP contribution < -0.4 is 14.8 Å². The summed E-state index contributed by atoms with van der Waals surface area (Å²) < 4.78 is 46.2. The maximum Gasteiger partial charge on any atom is 0.422 e. The van der Waals surface area contributed by atoms with Crippen molar-refractivity contribution in [3.8, 4) is 11.6 Å². The van der Waals surface area contributed by atoms with E-state index >= 15 is 0 Å². The first-order valence-electron chi connectivity index (χ1n) is 7.10. The minimum Gasteiger partial charge on any atom is -0.491 e. The van der Waals surface area contributed by atoms with Crippen LogP contribution in [-0.2, 0) is 0 Å². The van der Waals surface area contributed by atoms with Gasteiger partial charge in [0.25, 0.3) is 5.91 Å². The maximum atomic E-state index is 12.2. The molecule has 1 atom stereocenters. The Hall–Kier alpha value is -2.77. The molecule has 0 aliphatic carbocycles. The zero-order chi connectivity index (χ0) is 17.2. The summed E-state index contributed by atoms with van der Waals surface area (Å²) in [5.41, 5.74) is 1.10. The van der Waals surface area contributed by atoms with Crippen LogP contribution in [0.25, 0.3) is 0 Å². The van der Waals surface area contributed by atoms with Crippen LogP contribution in [0.5, 0.6) is 11.6 Å². The molecule has 126 valence electrons. The van der Waals surface area contributed by atoms with Crippen LogP contribution in [0.2, 0.25) is 0 Å². The van der Waals surface area contributed by atoms with Crippen LogP contribution in [0, 0.1) is 0 Å². The van der Waals surface area contributed by atoms with Crippen molar-refractivity contribution >= 4 is 5.91 Å². The zero-order valence-corrected chi connectivity index (χ0v) is 12.3. The van der Waals surface area contributed by atoms with Gasteiger partial charge in [-0.1, -0.05) is 18.2 Å². The number of amides is 1. The molecule has 0 fully saturated rings. The fraction of sp³-hybridized carbons (Fsp3) is 0.250. The molecule has 1 aromatic carbocycles. The van der Waals surface area contributed by atoms with E-state index in [-0.39, 0.29) is 17.5 Å². The fourth-order valence-corrected chi connectivity index (χ4v) is 2.28. The number of hydrogen-bond acceptors (Lipinski definition) is 4. The summed E-state index contributed by atoms with van der Waals surface area (Å²) in [6.07, 6.45) is -3.27. The summed E-state index contributed by atoms with van der Waals surface area (Å²) in [6.45, 7) is -1.10. The highest BCUT2D eigenvalue weighted by atomic mass is 19.4. The van der Waals surface area contributed by atoms with E-state index in [4.69, 9.17) is 4.74 Å². The molecular weight excluding hydrogens is 325 g/mol. The van der Waals surface area contributed by atoms with Gasteiger partial charge in [0.15, 0.2) is 6.61 Å². The lowest BCUT2D eigenvalue weighted by Gasteiger charge is -2.12. The Morgan fingerprint density at radius 1 is 1.29 bits per heavy atom. The molecule has 24 heavy (non-hydrogen) atoms. The standard InChI is InChI=1S/C16H13F3N2O3/c17-16(18,19)9-24-14-6-5-10(7-20-14)15(22)21-12-8-23-13-4-2-1-3-11(12)13/h1-7,12H,8-9H2,(H,21,22). The van der Waals surface area contributed by atoms with Crippen LogP contribution in [-0.4, -0.2) is 30.3 Å². The average molecular weight is 338 g/mol. The van der Waals surface area contributed by atoms with Gasteiger partial charge in [-0.25, -0.2) is 4.98 Å². The second-order valence-corrected chi connectivity index (χ2v) is 5.16. The van der Waals surface area contributed by atoms with Gasteiger partial charge in [0.2, 0.25) is 5.88 Å². The predicted molar refractivity (Wildman–Crippen MR) is 77.9 cm³/mol. The van der Waals surface area contributed by atoms with E-state index in [0.717, 1.165) is 11.3 Å². The van der Waals surface area contributed by atoms with E-state index in [9.17, 15) is 18.0 Å². The van der Waals surface area contributed by atoms with Crippen molar-refractivity contribution < 1.29 is 27.4 Å². The quantitative estimate of drug-likeness (QED) is 0.931. The molecule has 2 heterocycles. The van der Waals surface area contributed by atoms with E-state index in [2.05, 4.69) is 15.0 Å². The molecule has 0 bridgehead atoms. The summed E-state index contributed by atoms with van der Waals surface area (Å²) in [4.78, 5) is 15.9. The van der Waals surface area contributed by atoms with Gasteiger partial charge in [0.05, 0.1) is 11.6 Å². The number of halogens is 3. The van der Waals surface area contributed by atoms with E-state index in [0.29, 0.717) is 6.61 Å². The molecule has 0 spiro atoms. The van der Waals surface area contributed by atoms with Crippen molar-refractivity contribution in [3.63, 3.8) is 0 Å². The van der Waals surface area contributed by atoms with Gasteiger partial charge in [-0.3, -0.25) is 4.79 Å². The lowest BCUT2D eigenvalue weighted by atomic mass is 10.1. The number of para-hydroxylation sites is 1. The fourth-order valence-electron chi connectivity index (χ4n) is 2.28. The molecule has 5 nitrogen and oxygen atoms in total. The number of pyridine rings is 1. The van der Waals surface area contributed by atoms with Crippen LogP contribution in [0.4, 0.5) is 13.2 Å². The number of ether oxygens (including phenoxy) is 2. The third-order valence-corrected chi connectivity index (χ3v) is 3.39. The molecule has 3 rings (SSSR count). The largest absolute Gasteiger partial charge is 0.491 e. The third kappa shape index (κ3) is 3.76. The van der Waals surface area contributed by atoms with Gasteiger partial charge in [-0.2, -0.15) is 13.2 Å². The first-order chi connectivity index (χ1) is 11.4. The minimum absolute atomic E-state index is 0.196. The van der Waals surface area contributed by atoms with Crippen LogP contribution in [0.1, 0.15) is 22.0 Å². The average Bonchev–Trinajstić information content (AvgIpc) is 2.96. The third-order valence-electron chi connectivity index (χ3n) is 3.39. The zero-order valence-electron chi connectivity index (χ0n) is 12.3. The van der Waals surface area contributed by atoms with Gasteiger partial charge in [0, 0.05) is 17.8 Å². The van der Waals surface area contributed by atoms with Gasteiger partial charge in [0.1, 0.15) is 12.4 Å². The Morgan fingerprint density at radius 3 is 2.79 bits per heavy atom. The number of carbonyl (C=O) groups is 1. The highest BCUT2D eigenvalue weighted by molar-refractivity contribution is 5.94. The van der Waals surface area contributed by atoms with E-state index in [1.807, 2.05) is 24.3 Å². The summed E-state index contributed by atoms with van der Waals surface area (Å²) in [7, 11) is 0. The van der Waals surface area contributed by atoms with Gasteiger partial charge >= 0.3 is 6.18 Å². The summed E-state index contributed by atoms with van der Waals surface area (Å²) in [5.74, 6) is 0.130. The number of fused-ring (bicyclic) bond motifs is 1. The first-order valence-corrected chi connectivity index (χ1v) is 7.10. The van der Waals surface area contributed by atoms with Gasteiger partial charge < -0.3 is 14.8 Å². The van der Waals surface area contributed by atoms with Crippen LogP contribution in [0.3, 0.4) is 0 Å². The first kappa shape index (κ1) is 16.1. The molecule has 2 aromatic rings. The number of alkyl halides is 3. The Kier molecular flexibility index (Phi) is 4.28. The Labute approximate surface area is 135 Å². The summed E-state index contributed by atoms with van der Waals surface area (Å²) in [6, 6.07) is 9.66. The number of hydrogen-bond donors (Lipinski definition) is 1. The topological polar surface area (TPSA) is 60.5 Å². The lowest BCUT2D eigenvalue weighted by Crippen LogP contribution is -2.29. The van der Waals surface area contributed by atoms with E-state index in [1.165, 1.54) is 18.3 Å². The van der Waals surface area contributed by atoms with Crippen LogP contribution in [0.15, 0.2) is 42.6 Å². The molecule has 0 saturated heterocycles. The van der Waals surface area contributed by atoms with Crippen molar-refractivity contribution in [1.29, 1.82) is 0 Å². The Balaban J connectivity index is 1.62. The maximum absolute atomic E-state index is 12.2. The Bertz CT molecular complexity index is 732. The molecule has 8 heteroatoms. The number of benzene rings is 1. The lowest BCUT2D eigenvalue weighted by molar-refractivity contribution is -0.154. The molecule has 0 radical (unpaired) electrons. The highest BCUT2D eigenvalue weighted by Gasteiger charge is 2.29. The van der Waals surface area contributed by atoms with Gasteiger partial charge in [-0.05, 0) is 12.1 Å². The summed E-state index contributed by atoms with van der Waals surface area (Å²) >= 11 is 0. The second-order valence-electron chi connectivity index (χ2n) is 5.16. The number of rotatable bonds is 4. The molecule has 1 unspecified atom stereocenters. The Morgan fingerprint density at radius 2 is 2.08 bits per heavy atom. The molecule has 1 amide bonds. The van der Waals surface area contributed by atoms with E-state index in [1.54, 1.807) is 0 Å². The molecule has 1 aliphatic heterocycles. The van der Waals surface area contributed by atoms with E-state index < -0.39 is 18.7 Å². The molecule has 1 N–H and O–H groups in total. The van der Waals surface area contributed by atoms with Crippen molar-refractivity contribution in [1.82, 2.24) is 10.3 Å². The van der Waals surface area contributed by atoms with Crippen molar-refractivity contribution in [2.75, 3.05) is 13.2 Å². The number of nitrogens with zero attached hydrogens (tertiary/aromatic N) is 1. The normalized spacial score (nSPS) is 16.2. The highest BCUT2D eigenvalue weighted by Crippen LogP contribution is 2.31. The van der Waals surface area contributed by atoms with Crippen LogP contribution >= 0.6 is 0 Å². The van der Waals surface area contributed by atoms with Crippen molar-refractivity contribution in [2.45, 2.75) is 12.2 Å². The second kappa shape index (κ2) is 6.38. The van der Waals surface area contributed by atoms with Gasteiger partial charge in [-0.15, -0.1) is 0 Å². The SMILES string of the molecule is O=C(NC1COc2ccccc21)c1ccc(OCC(F)(F)F)nc1. The van der Waals surface area contributed by atoms with Crippen molar-refractivity contribution in [2.24, 2.45) is 0 Å². The molecular formula is C16H13F3N2O3. The number of carbonyl (C=O) groups excluding carboxylic acids is 1. The molecule has 1 aromatic heterocycles. The molecule has 1 aliphatic rings. The summed E-state index contributed by atoms with van der Waals surface area (Å²) in [5, 5.41) is 2.80.